The highest BCUT2D eigenvalue weighted by Gasteiger charge is 2.16. The molecule has 0 radical (unpaired) electrons. The van der Waals surface area contributed by atoms with Crippen molar-refractivity contribution in [2.45, 2.75) is 38.4 Å². The van der Waals surface area contributed by atoms with E-state index in [1.807, 2.05) is 0 Å². The van der Waals surface area contributed by atoms with E-state index in [1.165, 1.54) is 19.2 Å². The Morgan fingerprint density at radius 2 is 1.92 bits per heavy atom. The molecule has 1 fully saturated rings. The van der Waals surface area contributed by atoms with Crippen LogP contribution in [0.5, 0.6) is 17.2 Å². The Balaban J connectivity index is 1.71. The second-order valence-corrected chi connectivity index (χ2v) is 5.56. The van der Waals surface area contributed by atoms with E-state index in [-0.39, 0.29) is 29.1 Å². The minimum atomic E-state index is -0.644. The topological polar surface area (TPSA) is 94.5 Å². The van der Waals surface area contributed by atoms with Crippen LogP contribution in [0.1, 0.15) is 42.5 Å². The van der Waals surface area contributed by atoms with Crippen LogP contribution in [0.2, 0.25) is 0 Å². The molecule has 0 aliphatic carbocycles. The summed E-state index contributed by atoms with van der Waals surface area (Å²) in [5, 5.41) is 19.7. The highest BCUT2D eigenvalue weighted by Crippen LogP contribution is 2.37. The molecule has 0 amide bonds. The van der Waals surface area contributed by atoms with Crippen molar-refractivity contribution in [2.24, 2.45) is 0 Å². The van der Waals surface area contributed by atoms with Crippen LogP contribution in [0.15, 0.2) is 12.1 Å². The van der Waals surface area contributed by atoms with E-state index in [0.717, 1.165) is 32.3 Å². The average molecular weight is 340 g/mol. The van der Waals surface area contributed by atoms with Crippen molar-refractivity contribution in [2.75, 3.05) is 26.9 Å². The molecule has 0 bridgehead atoms. The van der Waals surface area contributed by atoms with Crippen LogP contribution in [-0.4, -0.2) is 49.4 Å². The lowest BCUT2D eigenvalue weighted by molar-refractivity contribution is -0.162. The van der Waals surface area contributed by atoms with Gasteiger partial charge in [0.25, 0.3) is 0 Å². The van der Waals surface area contributed by atoms with Gasteiger partial charge in [0.15, 0.2) is 17.8 Å². The number of ether oxygens (including phenoxy) is 4. The van der Waals surface area contributed by atoms with E-state index in [0.29, 0.717) is 19.6 Å². The monoisotopic (exact) mass is 340 g/mol. The van der Waals surface area contributed by atoms with E-state index in [1.54, 1.807) is 0 Å². The molecule has 2 N–H and O–H groups in total. The third-order valence-electron chi connectivity index (χ3n) is 3.70. The molecule has 0 spiro atoms. The minimum absolute atomic E-state index is 0.0424. The maximum absolute atomic E-state index is 11.4. The zero-order chi connectivity index (χ0) is 17.4. The van der Waals surface area contributed by atoms with Gasteiger partial charge in [0.05, 0.1) is 19.3 Å². The van der Waals surface area contributed by atoms with Crippen LogP contribution in [0.4, 0.5) is 0 Å². The predicted octanol–water partition coefficient (Wildman–Crippen LogP) is 2.59. The summed E-state index contributed by atoms with van der Waals surface area (Å²) in [6.07, 6.45) is 4.54. The van der Waals surface area contributed by atoms with Gasteiger partial charge in [0.2, 0.25) is 5.75 Å². The minimum Gasteiger partial charge on any atom is -0.504 e. The summed E-state index contributed by atoms with van der Waals surface area (Å²) in [4.78, 5) is 11.4. The van der Waals surface area contributed by atoms with Crippen molar-refractivity contribution in [1.82, 2.24) is 0 Å². The van der Waals surface area contributed by atoms with Crippen LogP contribution in [-0.2, 0) is 14.2 Å². The molecule has 1 heterocycles. The fourth-order valence-corrected chi connectivity index (χ4v) is 2.42. The molecule has 7 nitrogen and oxygen atoms in total. The fourth-order valence-electron chi connectivity index (χ4n) is 2.42. The number of phenols is 2. The Bertz CT molecular complexity index is 515. The third kappa shape index (κ3) is 5.28. The molecular weight excluding hydrogens is 316 g/mol. The first-order chi connectivity index (χ1) is 11.6. The van der Waals surface area contributed by atoms with Gasteiger partial charge < -0.3 is 29.2 Å². The zero-order valence-electron chi connectivity index (χ0n) is 13.8. The maximum Gasteiger partial charge on any atom is 0.338 e. The Hall–Kier alpha value is -1.99. The summed E-state index contributed by atoms with van der Waals surface area (Å²) in [5.74, 6) is -1.29. The van der Waals surface area contributed by atoms with Crippen molar-refractivity contribution in [3.63, 3.8) is 0 Å². The van der Waals surface area contributed by atoms with Gasteiger partial charge in [0.1, 0.15) is 0 Å². The number of hydrogen-bond donors (Lipinski definition) is 2. The molecule has 1 aromatic rings. The first-order valence-corrected chi connectivity index (χ1v) is 8.12. The third-order valence-corrected chi connectivity index (χ3v) is 3.70. The predicted molar refractivity (Wildman–Crippen MR) is 85.4 cm³/mol. The van der Waals surface area contributed by atoms with E-state index in [9.17, 15) is 15.0 Å². The van der Waals surface area contributed by atoms with E-state index in [2.05, 4.69) is 4.74 Å². The van der Waals surface area contributed by atoms with E-state index in [4.69, 9.17) is 14.2 Å². The standard InChI is InChI=1S/C17H24O7/c1-21-17(20)12-10-13(18)16(14(19)11-12)24-9-5-4-8-23-15-6-2-3-7-22-15/h10-11,15,18-19H,2-9H2,1H3. The molecule has 7 heteroatoms. The lowest BCUT2D eigenvalue weighted by Crippen LogP contribution is -2.22. The number of phenolic OH excluding ortho intramolecular Hbond substituents is 2. The summed E-state index contributed by atoms with van der Waals surface area (Å²) >= 11 is 0. The molecule has 1 unspecified atom stereocenters. The highest BCUT2D eigenvalue weighted by molar-refractivity contribution is 5.91. The summed E-state index contributed by atoms with van der Waals surface area (Å²) < 4.78 is 21.0. The molecule has 1 aliphatic heterocycles. The number of carbonyl (C=O) groups is 1. The molecule has 24 heavy (non-hydrogen) atoms. The molecule has 1 aliphatic rings. The molecule has 1 aromatic carbocycles. The number of esters is 1. The normalized spacial score (nSPS) is 17.5. The lowest BCUT2D eigenvalue weighted by Gasteiger charge is -2.22. The summed E-state index contributed by atoms with van der Waals surface area (Å²) in [7, 11) is 1.22. The smallest absolute Gasteiger partial charge is 0.338 e. The van der Waals surface area contributed by atoms with Crippen molar-refractivity contribution in [3.8, 4) is 17.2 Å². The van der Waals surface area contributed by atoms with Crippen molar-refractivity contribution < 1.29 is 34.0 Å². The van der Waals surface area contributed by atoms with Crippen LogP contribution in [0.3, 0.4) is 0 Å². The second kappa shape index (κ2) is 9.34. The molecule has 134 valence electrons. The number of rotatable bonds is 8. The van der Waals surface area contributed by atoms with E-state index >= 15 is 0 Å². The largest absolute Gasteiger partial charge is 0.504 e. The van der Waals surface area contributed by atoms with Gasteiger partial charge in [-0.15, -0.1) is 0 Å². The molecule has 1 saturated heterocycles. The quantitative estimate of drug-likeness (QED) is 0.555. The molecule has 0 aromatic heterocycles. The number of aromatic hydroxyl groups is 2. The Morgan fingerprint density at radius 1 is 1.21 bits per heavy atom. The van der Waals surface area contributed by atoms with Crippen molar-refractivity contribution in [1.29, 1.82) is 0 Å². The van der Waals surface area contributed by atoms with Gasteiger partial charge in [-0.1, -0.05) is 0 Å². The maximum atomic E-state index is 11.4. The molecule has 0 saturated carbocycles. The van der Waals surface area contributed by atoms with Gasteiger partial charge in [-0.3, -0.25) is 0 Å². The number of methoxy groups -OCH3 is 1. The van der Waals surface area contributed by atoms with Crippen molar-refractivity contribution in [3.05, 3.63) is 17.7 Å². The first kappa shape index (κ1) is 18.4. The number of benzene rings is 1. The van der Waals surface area contributed by atoms with Gasteiger partial charge in [-0.2, -0.15) is 0 Å². The summed E-state index contributed by atoms with van der Waals surface area (Å²) in [5.41, 5.74) is 0.0562. The molecular formula is C17H24O7. The second-order valence-electron chi connectivity index (χ2n) is 5.56. The van der Waals surface area contributed by atoms with Gasteiger partial charge in [-0.05, 0) is 44.2 Å². The first-order valence-electron chi connectivity index (χ1n) is 8.12. The summed E-state index contributed by atoms with van der Waals surface area (Å²) in [6.45, 7) is 1.65. The fraction of sp³-hybridized carbons (Fsp3) is 0.588. The SMILES string of the molecule is COC(=O)c1cc(O)c(OCCCCOC2CCCCO2)c(O)c1. The average Bonchev–Trinajstić information content (AvgIpc) is 2.59. The van der Waals surface area contributed by atoms with Crippen molar-refractivity contribution >= 4 is 5.97 Å². The summed E-state index contributed by atoms with van der Waals surface area (Å²) in [6, 6.07) is 2.40. The van der Waals surface area contributed by atoms with E-state index < -0.39 is 5.97 Å². The van der Waals surface area contributed by atoms with Gasteiger partial charge in [-0.25, -0.2) is 4.79 Å². The van der Waals surface area contributed by atoms with Crippen LogP contribution in [0.25, 0.3) is 0 Å². The van der Waals surface area contributed by atoms with Crippen LogP contribution < -0.4 is 4.74 Å². The van der Waals surface area contributed by atoms with Crippen LogP contribution >= 0.6 is 0 Å². The lowest BCUT2D eigenvalue weighted by atomic mass is 10.2. The Kier molecular flexibility index (Phi) is 7.14. The molecule has 1 atom stereocenters. The Labute approximate surface area is 141 Å². The molecule has 2 rings (SSSR count). The number of unbranched alkanes of at least 4 members (excludes halogenated alkanes) is 1. The zero-order valence-corrected chi connectivity index (χ0v) is 13.8. The number of hydrogen-bond acceptors (Lipinski definition) is 7. The highest BCUT2D eigenvalue weighted by atomic mass is 16.7. The Morgan fingerprint density at radius 3 is 2.54 bits per heavy atom. The number of carbonyl (C=O) groups excluding carboxylic acids is 1. The van der Waals surface area contributed by atoms with Gasteiger partial charge in [0, 0.05) is 13.2 Å². The van der Waals surface area contributed by atoms with Crippen LogP contribution in [0, 0.1) is 0 Å². The van der Waals surface area contributed by atoms with Gasteiger partial charge >= 0.3 is 5.97 Å².